The summed E-state index contributed by atoms with van der Waals surface area (Å²) in [5, 5.41) is 7.33. The van der Waals surface area contributed by atoms with Crippen molar-refractivity contribution in [1.82, 2.24) is 20.1 Å². The highest BCUT2D eigenvalue weighted by molar-refractivity contribution is 5.93. The van der Waals surface area contributed by atoms with E-state index in [0.717, 1.165) is 30.7 Å². The predicted molar refractivity (Wildman–Crippen MR) is 98.1 cm³/mol. The Morgan fingerprint density at radius 2 is 2.00 bits per heavy atom. The van der Waals surface area contributed by atoms with Gasteiger partial charge in [-0.3, -0.25) is 9.78 Å². The van der Waals surface area contributed by atoms with Crippen molar-refractivity contribution < 1.29 is 13.9 Å². The van der Waals surface area contributed by atoms with Crippen LogP contribution in [-0.2, 0) is 4.74 Å². The summed E-state index contributed by atoms with van der Waals surface area (Å²) in [6, 6.07) is 11.4. The molecule has 1 fully saturated rings. The summed E-state index contributed by atoms with van der Waals surface area (Å²) in [5.74, 6) is -0.590. The van der Waals surface area contributed by atoms with E-state index in [2.05, 4.69) is 15.4 Å². The Morgan fingerprint density at radius 3 is 2.70 bits per heavy atom. The highest BCUT2D eigenvalue weighted by Gasteiger charge is 2.20. The number of nitrogens with one attached hydrogen (secondary N) is 1. The van der Waals surface area contributed by atoms with E-state index >= 15 is 0 Å². The van der Waals surface area contributed by atoms with Crippen LogP contribution in [-0.4, -0.2) is 39.9 Å². The first-order valence-electron chi connectivity index (χ1n) is 8.87. The summed E-state index contributed by atoms with van der Waals surface area (Å²) in [6.07, 6.45) is 5.38. The highest BCUT2D eigenvalue weighted by Crippen LogP contribution is 2.24. The van der Waals surface area contributed by atoms with Crippen molar-refractivity contribution in [3.05, 3.63) is 66.4 Å². The molecule has 3 aromatic rings. The summed E-state index contributed by atoms with van der Waals surface area (Å²) < 4.78 is 20.5. The molecule has 0 bridgehead atoms. The number of aromatic nitrogens is 3. The Bertz CT molecular complexity index is 919. The van der Waals surface area contributed by atoms with Gasteiger partial charge in [-0.15, -0.1) is 0 Å². The molecule has 1 aromatic carbocycles. The number of carbonyl (C=O) groups is 1. The molecule has 7 heteroatoms. The average molecular weight is 366 g/mol. The number of ether oxygens (including phenoxy) is 1. The Hall–Kier alpha value is -3.06. The van der Waals surface area contributed by atoms with Crippen molar-refractivity contribution in [2.75, 3.05) is 13.2 Å². The van der Waals surface area contributed by atoms with Crippen LogP contribution < -0.4 is 5.32 Å². The molecule has 2 aromatic heterocycles. The van der Waals surface area contributed by atoms with Gasteiger partial charge in [-0.25, -0.2) is 9.07 Å². The molecule has 1 saturated heterocycles. The zero-order valence-electron chi connectivity index (χ0n) is 14.6. The molecule has 4 rings (SSSR count). The van der Waals surface area contributed by atoms with E-state index in [1.54, 1.807) is 35.3 Å². The Morgan fingerprint density at radius 1 is 1.22 bits per heavy atom. The van der Waals surface area contributed by atoms with Crippen LogP contribution in [0.1, 0.15) is 23.3 Å². The topological polar surface area (TPSA) is 69.0 Å². The number of halogens is 1. The SMILES string of the molecule is O=C(NC[C@@H]1CCCO1)c1cc(-c2ccncc2)n(-c2ccc(F)cc2)n1. The monoisotopic (exact) mass is 366 g/mol. The number of amides is 1. The van der Waals surface area contributed by atoms with E-state index in [1.165, 1.54) is 12.1 Å². The minimum absolute atomic E-state index is 0.0628. The Labute approximate surface area is 156 Å². The van der Waals surface area contributed by atoms with E-state index in [0.29, 0.717) is 17.9 Å². The lowest BCUT2D eigenvalue weighted by molar-refractivity contribution is 0.0853. The molecule has 0 unspecified atom stereocenters. The fraction of sp³-hybridized carbons (Fsp3) is 0.250. The third-order valence-electron chi connectivity index (χ3n) is 4.50. The molecule has 1 aliphatic rings. The average Bonchev–Trinajstić information content (AvgIpc) is 3.37. The molecule has 138 valence electrons. The van der Waals surface area contributed by atoms with Crippen molar-refractivity contribution in [3.8, 4) is 16.9 Å². The molecule has 0 aliphatic carbocycles. The van der Waals surface area contributed by atoms with E-state index in [4.69, 9.17) is 4.74 Å². The zero-order valence-corrected chi connectivity index (χ0v) is 14.6. The van der Waals surface area contributed by atoms with Crippen LogP contribution >= 0.6 is 0 Å². The quantitative estimate of drug-likeness (QED) is 0.754. The summed E-state index contributed by atoms with van der Waals surface area (Å²) >= 11 is 0. The van der Waals surface area contributed by atoms with Gasteiger partial charge in [-0.2, -0.15) is 5.10 Å². The maximum atomic E-state index is 13.3. The molecule has 1 N–H and O–H groups in total. The van der Waals surface area contributed by atoms with Crippen LogP contribution in [0.4, 0.5) is 4.39 Å². The lowest BCUT2D eigenvalue weighted by atomic mass is 10.1. The molecule has 0 saturated carbocycles. The van der Waals surface area contributed by atoms with Crippen molar-refractivity contribution in [2.24, 2.45) is 0 Å². The number of carbonyl (C=O) groups excluding carboxylic acids is 1. The zero-order chi connectivity index (χ0) is 18.6. The molecule has 0 spiro atoms. The maximum Gasteiger partial charge on any atom is 0.271 e. The van der Waals surface area contributed by atoms with E-state index < -0.39 is 0 Å². The van der Waals surface area contributed by atoms with Gasteiger partial charge in [-0.05, 0) is 55.3 Å². The van der Waals surface area contributed by atoms with E-state index in [1.807, 2.05) is 12.1 Å². The largest absolute Gasteiger partial charge is 0.376 e. The minimum atomic E-state index is -0.328. The molecule has 6 nitrogen and oxygen atoms in total. The summed E-state index contributed by atoms with van der Waals surface area (Å²) in [7, 11) is 0. The fourth-order valence-corrected chi connectivity index (χ4v) is 3.10. The van der Waals surface area contributed by atoms with Crippen LogP contribution in [0.25, 0.3) is 16.9 Å². The van der Waals surface area contributed by atoms with Gasteiger partial charge in [-0.1, -0.05) is 0 Å². The van der Waals surface area contributed by atoms with Crippen LogP contribution in [0.5, 0.6) is 0 Å². The van der Waals surface area contributed by atoms with Crippen molar-refractivity contribution in [2.45, 2.75) is 18.9 Å². The smallest absolute Gasteiger partial charge is 0.271 e. The van der Waals surface area contributed by atoms with Gasteiger partial charge in [0.05, 0.1) is 17.5 Å². The van der Waals surface area contributed by atoms with Crippen molar-refractivity contribution in [3.63, 3.8) is 0 Å². The number of hydrogen-bond acceptors (Lipinski definition) is 4. The van der Waals surface area contributed by atoms with Gasteiger partial charge >= 0.3 is 0 Å². The van der Waals surface area contributed by atoms with Crippen molar-refractivity contribution >= 4 is 5.91 Å². The predicted octanol–water partition coefficient (Wildman–Crippen LogP) is 2.98. The number of rotatable bonds is 5. The molecular formula is C20H19FN4O2. The fourth-order valence-electron chi connectivity index (χ4n) is 3.10. The van der Waals surface area contributed by atoms with Gasteiger partial charge in [0.15, 0.2) is 5.69 Å². The van der Waals surface area contributed by atoms with Gasteiger partial charge in [0.1, 0.15) is 5.82 Å². The molecule has 1 amide bonds. The molecule has 0 radical (unpaired) electrons. The first kappa shape index (κ1) is 17.4. The summed E-state index contributed by atoms with van der Waals surface area (Å²) in [5.41, 5.74) is 2.55. The van der Waals surface area contributed by atoms with Gasteiger partial charge < -0.3 is 10.1 Å². The Balaban J connectivity index is 1.64. The Kier molecular flexibility index (Phi) is 4.93. The molecule has 1 atom stereocenters. The second kappa shape index (κ2) is 7.67. The first-order valence-corrected chi connectivity index (χ1v) is 8.87. The standard InChI is InChI=1S/C20H19FN4O2/c21-15-3-5-16(6-4-15)25-19(14-7-9-22-10-8-14)12-18(24-25)20(26)23-13-17-2-1-11-27-17/h3-10,12,17H,1-2,11,13H2,(H,23,26)/t17-/m0/s1. The normalized spacial score (nSPS) is 16.4. The number of benzene rings is 1. The van der Waals surface area contributed by atoms with Crippen molar-refractivity contribution in [1.29, 1.82) is 0 Å². The van der Waals surface area contributed by atoms with E-state index in [9.17, 15) is 9.18 Å². The molecular weight excluding hydrogens is 347 g/mol. The first-order chi connectivity index (χ1) is 13.2. The minimum Gasteiger partial charge on any atom is -0.376 e. The van der Waals surface area contributed by atoms with Crippen LogP contribution in [0, 0.1) is 5.82 Å². The number of pyridine rings is 1. The highest BCUT2D eigenvalue weighted by atomic mass is 19.1. The number of hydrogen-bond donors (Lipinski definition) is 1. The lowest BCUT2D eigenvalue weighted by Crippen LogP contribution is -2.32. The second-order valence-corrected chi connectivity index (χ2v) is 6.38. The van der Waals surface area contributed by atoms with Gasteiger partial charge in [0.25, 0.3) is 5.91 Å². The molecule has 1 aliphatic heterocycles. The molecule has 27 heavy (non-hydrogen) atoms. The second-order valence-electron chi connectivity index (χ2n) is 6.38. The molecule has 3 heterocycles. The van der Waals surface area contributed by atoms with E-state index in [-0.39, 0.29) is 17.8 Å². The third-order valence-corrected chi connectivity index (χ3v) is 4.50. The van der Waals surface area contributed by atoms with Gasteiger partial charge in [0, 0.05) is 31.1 Å². The van der Waals surface area contributed by atoms with Crippen LogP contribution in [0.2, 0.25) is 0 Å². The van der Waals surface area contributed by atoms with Crippen LogP contribution in [0.3, 0.4) is 0 Å². The number of nitrogens with zero attached hydrogens (tertiary/aromatic N) is 3. The summed E-state index contributed by atoms with van der Waals surface area (Å²) in [6.45, 7) is 1.21. The lowest BCUT2D eigenvalue weighted by Gasteiger charge is -2.09. The third kappa shape index (κ3) is 3.88. The maximum absolute atomic E-state index is 13.3. The summed E-state index contributed by atoms with van der Waals surface area (Å²) in [4.78, 5) is 16.6. The van der Waals surface area contributed by atoms with Crippen LogP contribution in [0.15, 0.2) is 54.9 Å². The van der Waals surface area contributed by atoms with Gasteiger partial charge in [0.2, 0.25) is 0 Å².